The highest BCUT2D eigenvalue weighted by atomic mass is 31.1. The Morgan fingerprint density at radius 3 is 2.50 bits per heavy atom. The largest absolute Gasteiger partial charge is 0.122 e. The smallest absolute Gasteiger partial charge is 0.0322 e. The first-order valence-corrected chi connectivity index (χ1v) is 6.09. The van der Waals surface area contributed by atoms with E-state index in [2.05, 4.69) is 0 Å². The molecule has 0 bridgehead atoms. The Hall–Kier alpha value is 0.430. The van der Waals surface area contributed by atoms with Crippen molar-refractivity contribution >= 4 is 8.58 Å². The van der Waals surface area contributed by atoms with Gasteiger partial charge in [0.05, 0.1) is 0 Å². The molecule has 1 saturated heterocycles. The van der Waals surface area contributed by atoms with Crippen LogP contribution in [0.3, 0.4) is 0 Å². The van der Waals surface area contributed by atoms with E-state index in [1.165, 1.54) is 27.3 Å². The van der Waals surface area contributed by atoms with Crippen LogP contribution in [0.5, 0.6) is 0 Å². The molecule has 0 aromatic carbocycles. The fourth-order valence-electron chi connectivity index (χ4n) is 2.51. The lowest BCUT2D eigenvalue weighted by molar-refractivity contribution is 0.247. The van der Waals surface area contributed by atoms with Gasteiger partial charge < -0.3 is 0 Å². The van der Waals surface area contributed by atoms with Crippen LogP contribution in [0.1, 0.15) is 32.1 Å². The maximum absolute atomic E-state index is 1.59. The fourth-order valence-corrected chi connectivity index (χ4v) is 4.20. The van der Waals surface area contributed by atoms with E-state index in [0.717, 1.165) is 5.92 Å². The topological polar surface area (TPSA) is 0 Å². The summed E-state index contributed by atoms with van der Waals surface area (Å²) in [5, 5.41) is 0. The molecule has 1 aliphatic carbocycles. The number of fused-ring (bicyclic) bond motifs is 1. The summed E-state index contributed by atoms with van der Waals surface area (Å²) in [7, 11) is 1.31. The number of hydrogen-bond acceptors (Lipinski definition) is 0. The van der Waals surface area contributed by atoms with E-state index in [-0.39, 0.29) is 0 Å². The van der Waals surface area contributed by atoms with Crippen molar-refractivity contribution in [2.45, 2.75) is 32.1 Å². The van der Waals surface area contributed by atoms with Gasteiger partial charge in [-0.1, -0.05) is 19.3 Å². The molecule has 0 aromatic heterocycles. The Morgan fingerprint density at radius 2 is 1.70 bits per heavy atom. The molecule has 1 heterocycles. The summed E-state index contributed by atoms with van der Waals surface area (Å²) in [6.45, 7) is 0. The molecule has 1 saturated carbocycles. The van der Waals surface area contributed by atoms with Gasteiger partial charge >= 0.3 is 0 Å². The Balaban J connectivity index is 1.93. The molecule has 0 amide bonds. The number of rotatable bonds is 0. The van der Waals surface area contributed by atoms with E-state index in [1.807, 2.05) is 0 Å². The molecule has 0 radical (unpaired) electrons. The van der Waals surface area contributed by atoms with Crippen molar-refractivity contribution < 1.29 is 0 Å². The van der Waals surface area contributed by atoms with Crippen molar-refractivity contribution in [3.05, 3.63) is 0 Å². The number of hydrogen-bond donors (Lipinski definition) is 0. The maximum atomic E-state index is 1.59. The molecule has 0 aromatic rings. The van der Waals surface area contributed by atoms with Gasteiger partial charge in [-0.15, -0.1) is 8.58 Å². The van der Waals surface area contributed by atoms with Crippen LogP contribution in [0, 0.1) is 11.8 Å². The molecule has 10 heavy (non-hydrogen) atoms. The first-order chi connectivity index (χ1) is 4.97. The highest BCUT2D eigenvalue weighted by molar-refractivity contribution is 7.38. The highest BCUT2D eigenvalue weighted by Gasteiger charge is 2.26. The molecule has 2 rings (SSSR count). The average molecular weight is 156 g/mol. The molecule has 2 fully saturated rings. The molecule has 1 aliphatic heterocycles. The third kappa shape index (κ3) is 1.37. The summed E-state index contributed by atoms with van der Waals surface area (Å²) in [5.74, 6) is 2.33. The van der Waals surface area contributed by atoms with Gasteiger partial charge in [0.1, 0.15) is 0 Å². The van der Waals surface area contributed by atoms with E-state index in [4.69, 9.17) is 0 Å². The van der Waals surface area contributed by atoms with Crippen molar-refractivity contribution in [3.8, 4) is 0 Å². The van der Waals surface area contributed by atoms with Gasteiger partial charge in [-0.05, 0) is 37.0 Å². The van der Waals surface area contributed by atoms with Crippen LogP contribution >= 0.6 is 8.58 Å². The monoisotopic (exact) mass is 156 g/mol. The van der Waals surface area contributed by atoms with Crippen LogP contribution in [0.2, 0.25) is 0 Å². The van der Waals surface area contributed by atoms with Crippen molar-refractivity contribution in [2.75, 3.05) is 12.3 Å². The van der Waals surface area contributed by atoms with E-state index in [9.17, 15) is 0 Å². The van der Waals surface area contributed by atoms with Crippen molar-refractivity contribution in [2.24, 2.45) is 11.8 Å². The lowest BCUT2D eigenvalue weighted by atomic mass is 9.79. The van der Waals surface area contributed by atoms with Crippen LogP contribution in [-0.4, -0.2) is 12.3 Å². The lowest BCUT2D eigenvalue weighted by Gasteiger charge is -2.35. The molecule has 1 heteroatoms. The molecule has 0 N–H and O–H groups in total. The minimum atomic E-state index is 1.16. The quantitative estimate of drug-likeness (QED) is 0.473. The average Bonchev–Trinajstić information content (AvgIpc) is 2.05. The zero-order valence-electron chi connectivity index (χ0n) is 6.60. The van der Waals surface area contributed by atoms with Gasteiger partial charge in [0.2, 0.25) is 0 Å². The predicted molar refractivity (Wildman–Crippen MR) is 48.1 cm³/mol. The van der Waals surface area contributed by atoms with Crippen molar-refractivity contribution in [1.29, 1.82) is 0 Å². The van der Waals surface area contributed by atoms with Crippen LogP contribution in [0.15, 0.2) is 0 Å². The molecule has 3 atom stereocenters. The van der Waals surface area contributed by atoms with Crippen LogP contribution in [0.4, 0.5) is 0 Å². The Kier molecular flexibility index (Phi) is 2.28. The van der Waals surface area contributed by atoms with E-state index in [1.54, 1.807) is 31.6 Å². The minimum absolute atomic E-state index is 1.16. The highest BCUT2D eigenvalue weighted by Crippen LogP contribution is 2.40. The van der Waals surface area contributed by atoms with Gasteiger partial charge in [-0.3, -0.25) is 0 Å². The minimum Gasteiger partial charge on any atom is -0.122 e. The summed E-state index contributed by atoms with van der Waals surface area (Å²) in [4.78, 5) is 0. The molecule has 58 valence electrons. The zero-order valence-corrected chi connectivity index (χ0v) is 7.60. The molecule has 3 unspecified atom stereocenters. The Bertz CT molecular complexity index is 85.3. The third-order valence-corrected chi connectivity index (χ3v) is 4.62. The van der Waals surface area contributed by atoms with E-state index in [0.29, 0.717) is 0 Å². The van der Waals surface area contributed by atoms with Crippen LogP contribution < -0.4 is 0 Å². The van der Waals surface area contributed by atoms with Gasteiger partial charge in [-0.2, -0.15) is 0 Å². The normalized spacial score (nSPS) is 43.2. The standard InChI is InChI=1S/C9H17P/c1-2-4-9-7-10-6-5-8(9)3-1/h8-10H,1-7H2. The fraction of sp³-hybridized carbons (Fsp3) is 1.00. The second kappa shape index (κ2) is 3.22. The van der Waals surface area contributed by atoms with Crippen molar-refractivity contribution in [3.63, 3.8) is 0 Å². The zero-order chi connectivity index (χ0) is 6.81. The summed E-state index contributed by atoms with van der Waals surface area (Å²) >= 11 is 0. The Morgan fingerprint density at radius 1 is 0.900 bits per heavy atom. The first-order valence-electron chi connectivity index (χ1n) is 4.67. The maximum Gasteiger partial charge on any atom is -0.0322 e. The second-order valence-corrected chi connectivity index (χ2v) is 5.21. The third-order valence-electron chi connectivity index (χ3n) is 3.16. The van der Waals surface area contributed by atoms with E-state index >= 15 is 0 Å². The van der Waals surface area contributed by atoms with Crippen molar-refractivity contribution in [1.82, 2.24) is 0 Å². The summed E-state index contributed by atoms with van der Waals surface area (Å²) in [5.41, 5.74) is 0. The summed E-state index contributed by atoms with van der Waals surface area (Å²) in [6.07, 6.45) is 10.9. The molecular formula is C9H17P. The van der Waals surface area contributed by atoms with Gasteiger partial charge in [0.15, 0.2) is 0 Å². The Labute approximate surface area is 65.6 Å². The first kappa shape index (κ1) is 7.10. The molecule has 0 nitrogen and oxygen atoms in total. The van der Waals surface area contributed by atoms with Gasteiger partial charge in [0.25, 0.3) is 0 Å². The second-order valence-electron chi connectivity index (χ2n) is 3.80. The van der Waals surface area contributed by atoms with Gasteiger partial charge in [-0.25, -0.2) is 0 Å². The lowest BCUT2D eigenvalue weighted by Crippen LogP contribution is -2.24. The summed E-state index contributed by atoms with van der Waals surface area (Å²) < 4.78 is 0. The van der Waals surface area contributed by atoms with Gasteiger partial charge in [0, 0.05) is 0 Å². The van der Waals surface area contributed by atoms with Crippen LogP contribution in [0.25, 0.3) is 0 Å². The molecule has 2 aliphatic rings. The molecule has 0 spiro atoms. The van der Waals surface area contributed by atoms with E-state index < -0.39 is 0 Å². The SMILES string of the molecule is C1CCC2CPCCC2C1. The molecular weight excluding hydrogens is 139 g/mol. The summed E-state index contributed by atoms with van der Waals surface area (Å²) in [6, 6.07) is 0. The van der Waals surface area contributed by atoms with Crippen LogP contribution in [-0.2, 0) is 0 Å². The predicted octanol–water partition coefficient (Wildman–Crippen LogP) is 2.88.